The Kier molecular flexibility index (Phi) is 5.54. The van der Waals surface area contributed by atoms with Crippen LogP contribution in [0, 0.1) is 0 Å². The first kappa shape index (κ1) is 19.6. The lowest BCUT2D eigenvalue weighted by atomic mass is 10.0. The molecule has 0 radical (unpaired) electrons. The molecule has 31 heavy (non-hydrogen) atoms. The fourth-order valence-corrected chi connectivity index (χ4v) is 4.08. The van der Waals surface area contributed by atoms with Crippen molar-refractivity contribution >= 4 is 11.9 Å². The average molecular weight is 415 g/mol. The molecule has 2 fully saturated rings. The number of rotatable bonds is 5. The van der Waals surface area contributed by atoms with Crippen LogP contribution in [-0.2, 0) is 16.0 Å². The number of amides is 1. The molecular formula is C25H25N3O3. The normalized spacial score (nSPS) is 18.8. The molecule has 2 aliphatic rings. The number of pyridine rings is 1. The number of benzene rings is 2. The fourth-order valence-electron chi connectivity index (χ4n) is 4.08. The second-order valence-corrected chi connectivity index (χ2v) is 7.87. The molecule has 6 heteroatoms. The van der Waals surface area contributed by atoms with Crippen molar-refractivity contribution in [1.29, 1.82) is 0 Å². The van der Waals surface area contributed by atoms with E-state index in [0.717, 1.165) is 54.4 Å². The van der Waals surface area contributed by atoms with Gasteiger partial charge >= 0.3 is 6.09 Å². The number of hydrogen-bond donors (Lipinski definition) is 0. The number of carbonyl (C=O) groups excluding carboxylic acids is 1. The highest BCUT2D eigenvalue weighted by Gasteiger charge is 2.32. The summed E-state index contributed by atoms with van der Waals surface area (Å²) in [5.41, 5.74) is 4.25. The second kappa shape index (κ2) is 8.78. The molecule has 3 heterocycles. The van der Waals surface area contributed by atoms with Crippen molar-refractivity contribution in [3.05, 3.63) is 84.1 Å². The lowest BCUT2D eigenvalue weighted by molar-refractivity contribution is 0.122. The highest BCUT2D eigenvalue weighted by atomic mass is 16.6. The number of anilines is 1. The first-order valence-corrected chi connectivity index (χ1v) is 10.6. The average Bonchev–Trinajstić information content (AvgIpc) is 3.20. The summed E-state index contributed by atoms with van der Waals surface area (Å²) in [5, 5.41) is 0. The number of aromatic nitrogens is 1. The molecule has 2 saturated heterocycles. The number of hydrogen-bond acceptors (Lipinski definition) is 5. The van der Waals surface area contributed by atoms with Gasteiger partial charge in [0.05, 0.1) is 19.8 Å². The maximum Gasteiger partial charge on any atom is 0.410 e. The van der Waals surface area contributed by atoms with Gasteiger partial charge in [-0.15, -0.1) is 0 Å². The van der Waals surface area contributed by atoms with Gasteiger partial charge in [0.1, 0.15) is 11.9 Å². The molecule has 0 aliphatic carbocycles. The van der Waals surface area contributed by atoms with Crippen molar-refractivity contribution in [3.63, 3.8) is 0 Å². The monoisotopic (exact) mass is 415 g/mol. The van der Waals surface area contributed by atoms with Gasteiger partial charge in [-0.1, -0.05) is 48.5 Å². The SMILES string of the molecule is O=C1OC(c2ccccc2)CN1Cc1cccc(-c2ccc(N3CCOCC3)nc2)c1. The van der Waals surface area contributed by atoms with Gasteiger partial charge in [-0.25, -0.2) is 9.78 Å². The third-order valence-electron chi connectivity index (χ3n) is 5.78. The summed E-state index contributed by atoms with van der Waals surface area (Å²) < 4.78 is 11.0. The molecule has 0 spiro atoms. The Morgan fingerprint density at radius 1 is 0.935 bits per heavy atom. The van der Waals surface area contributed by atoms with Crippen LogP contribution in [-0.4, -0.2) is 48.8 Å². The Morgan fingerprint density at radius 2 is 1.77 bits per heavy atom. The summed E-state index contributed by atoms with van der Waals surface area (Å²) >= 11 is 0. The Balaban J connectivity index is 1.27. The molecule has 3 aromatic rings. The summed E-state index contributed by atoms with van der Waals surface area (Å²) in [5.74, 6) is 0.981. The van der Waals surface area contributed by atoms with Gasteiger partial charge in [-0.3, -0.25) is 4.90 Å². The second-order valence-electron chi connectivity index (χ2n) is 7.87. The van der Waals surface area contributed by atoms with E-state index in [2.05, 4.69) is 34.1 Å². The smallest absolute Gasteiger partial charge is 0.410 e. The van der Waals surface area contributed by atoms with Crippen molar-refractivity contribution in [2.24, 2.45) is 0 Å². The first-order valence-electron chi connectivity index (χ1n) is 10.6. The quantitative estimate of drug-likeness (QED) is 0.623. The Labute approximate surface area is 182 Å². The minimum atomic E-state index is -0.268. The molecule has 158 valence electrons. The molecule has 1 unspecified atom stereocenters. The Hall–Kier alpha value is -3.38. The third kappa shape index (κ3) is 4.39. The van der Waals surface area contributed by atoms with E-state index in [-0.39, 0.29) is 12.2 Å². The van der Waals surface area contributed by atoms with Crippen LogP contribution >= 0.6 is 0 Å². The minimum absolute atomic E-state index is 0.214. The molecule has 0 N–H and O–H groups in total. The molecule has 2 aliphatic heterocycles. The molecule has 0 bridgehead atoms. The number of morpholine rings is 1. The molecule has 2 aromatic carbocycles. The maximum absolute atomic E-state index is 12.4. The molecule has 0 saturated carbocycles. The van der Waals surface area contributed by atoms with Crippen LogP contribution in [0.3, 0.4) is 0 Å². The maximum atomic E-state index is 12.4. The highest BCUT2D eigenvalue weighted by molar-refractivity contribution is 5.70. The summed E-state index contributed by atoms with van der Waals surface area (Å²) in [6, 6.07) is 22.3. The van der Waals surface area contributed by atoms with Crippen LogP contribution in [0.25, 0.3) is 11.1 Å². The van der Waals surface area contributed by atoms with E-state index in [1.807, 2.05) is 48.7 Å². The van der Waals surface area contributed by atoms with E-state index in [1.165, 1.54) is 0 Å². The number of ether oxygens (including phenoxy) is 2. The van der Waals surface area contributed by atoms with Crippen molar-refractivity contribution < 1.29 is 14.3 Å². The number of nitrogens with zero attached hydrogens (tertiary/aromatic N) is 3. The zero-order chi connectivity index (χ0) is 21.0. The van der Waals surface area contributed by atoms with Gasteiger partial charge in [0.2, 0.25) is 0 Å². The van der Waals surface area contributed by atoms with Crippen molar-refractivity contribution in [1.82, 2.24) is 9.88 Å². The molecule has 1 amide bonds. The zero-order valence-corrected chi connectivity index (χ0v) is 17.3. The van der Waals surface area contributed by atoms with Crippen LogP contribution in [0.1, 0.15) is 17.2 Å². The van der Waals surface area contributed by atoms with Crippen molar-refractivity contribution in [2.45, 2.75) is 12.6 Å². The predicted molar refractivity (Wildman–Crippen MR) is 119 cm³/mol. The van der Waals surface area contributed by atoms with E-state index in [9.17, 15) is 4.79 Å². The molecule has 1 atom stereocenters. The summed E-state index contributed by atoms with van der Waals surface area (Å²) in [6.07, 6.45) is 1.43. The fraction of sp³-hybridized carbons (Fsp3) is 0.280. The number of cyclic esters (lactones) is 1. The van der Waals surface area contributed by atoms with Crippen LogP contribution in [0.4, 0.5) is 10.6 Å². The Bertz CT molecular complexity index is 1030. The zero-order valence-electron chi connectivity index (χ0n) is 17.3. The van der Waals surface area contributed by atoms with Gasteiger partial charge in [0, 0.05) is 31.4 Å². The third-order valence-corrected chi connectivity index (χ3v) is 5.78. The van der Waals surface area contributed by atoms with E-state index >= 15 is 0 Å². The van der Waals surface area contributed by atoms with E-state index in [0.29, 0.717) is 13.1 Å². The van der Waals surface area contributed by atoms with Crippen molar-refractivity contribution in [3.8, 4) is 11.1 Å². The lowest BCUT2D eigenvalue weighted by Crippen LogP contribution is -2.36. The lowest BCUT2D eigenvalue weighted by Gasteiger charge is -2.27. The van der Waals surface area contributed by atoms with E-state index in [1.54, 1.807) is 4.90 Å². The largest absolute Gasteiger partial charge is 0.439 e. The highest BCUT2D eigenvalue weighted by Crippen LogP contribution is 2.28. The van der Waals surface area contributed by atoms with Crippen LogP contribution in [0.15, 0.2) is 72.9 Å². The minimum Gasteiger partial charge on any atom is -0.439 e. The molecule has 6 nitrogen and oxygen atoms in total. The predicted octanol–water partition coefficient (Wildman–Crippen LogP) is 4.28. The Morgan fingerprint density at radius 3 is 2.55 bits per heavy atom. The van der Waals surface area contributed by atoms with Crippen LogP contribution < -0.4 is 4.90 Å². The number of carbonyl (C=O) groups is 1. The van der Waals surface area contributed by atoms with Gasteiger partial charge < -0.3 is 14.4 Å². The molecular weight excluding hydrogens is 390 g/mol. The summed E-state index contributed by atoms with van der Waals surface area (Å²) in [6.45, 7) is 4.32. The first-order chi connectivity index (χ1) is 15.3. The van der Waals surface area contributed by atoms with Crippen molar-refractivity contribution in [2.75, 3.05) is 37.7 Å². The topological polar surface area (TPSA) is 54.9 Å². The van der Waals surface area contributed by atoms with Gasteiger partial charge in [0.25, 0.3) is 0 Å². The summed E-state index contributed by atoms with van der Waals surface area (Å²) in [4.78, 5) is 21.0. The van der Waals surface area contributed by atoms with Gasteiger partial charge in [-0.2, -0.15) is 0 Å². The van der Waals surface area contributed by atoms with Crippen LogP contribution in [0.2, 0.25) is 0 Å². The van der Waals surface area contributed by atoms with Gasteiger partial charge in [0.15, 0.2) is 0 Å². The van der Waals surface area contributed by atoms with Crippen LogP contribution in [0.5, 0.6) is 0 Å². The summed E-state index contributed by atoms with van der Waals surface area (Å²) in [7, 11) is 0. The molecule has 5 rings (SSSR count). The molecule has 1 aromatic heterocycles. The van der Waals surface area contributed by atoms with E-state index < -0.39 is 0 Å². The van der Waals surface area contributed by atoms with E-state index in [4.69, 9.17) is 9.47 Å². The standard InChI is InChI=1S/C25H25N3O3/c29-25-28(18-23(31-25)20-6-2-1-3-7-20)17-19-5-4-8-21(15-19)22-9-10-24(26-16-22)27-11-13-30-14-12-27/h1-10,15-16,23H,11-14,17-18H2. The van der Waals surface area contributed by atoms with Gasteiger partial charge in [-0.05, 0) is 34.9 Å².